The molecule has 0 aliphatic carbocycles. The average Bonchev–Trinajstić information content (AvgIpc) is 3.45. The van der Waals surface area contributed by atoms with Gasteiger partial charge in [0.25, 0.3) is 0 Å². The summed E-state index contributed by atoms with van der Waals surface area (Å²) >= 11 is 0. The third-order valence-electron chi connectivity index (χ3n) is 5.06. The fourth-order valence-corrected chi connectivity index (χ4v) is 3.69. The van der Waals surface area contributed by atoms with Gasteiger partial charge in [0.2, 0.25) is 0 Å². The van der Waals surface area contributed by atoms with Crippen molar-refractivity contribution in [2.75, 3.05) is 0 Å². The van der Waals surface area contributed by atoms with E-state index in [1.54, 1.807) is 6.92 Å². The Bertz CT molecular complexity index is 1220. The molecule has 5 aliphatic heterocycles. The van der Waals surface area contributed by atoms with Gasteiger partial charge in [-0.05, 0) is 68.4 Å². The normalized spacial score (nSPS) is 23.5. The number of nitrogens with zero attached hydrogens (tertiary/aromatic N) is 3. The monoisotopic (exact) mass is 378 g/mol. The molecule has 29 heavy (non-hydrogen) atoms. The number of aliphatic hydroxyl groups is 1. The third kappa shape index (κ3) is 3.26. The van der Waals surface area contributed by atoms with Gasteiger partial charge in [0, 0.05) is 17.0 Å². The van der Waals surface area contributed by atoms with Crippen LogP contribution in [0.25, 0.3) is 0 Å². The molecule has 8 bridgehead atoms. The maximum absolute atomic E-state index is 10.1. The van der Waals surface area contributed by atoms with Crippen molar-refractivity contribution < 1.29 is 5.11 Å². The molecule has 0 radical (unpaired) electrons. The Hall–Kier alpha value is -3.91. The van der Waals surface area contributed by atoms with E-state index in [0.717, 1.165) is 58.3 Å². The maximum Gasteiger partial charge on any atom is 0.0986 e. The van der Waals surface area contributed by atoms with Crippen molar-refractivity contribution in [3.63, 3.8) is 0 Å². The van der Waals surface area contributed by atoms with Crippen LogP contribution in [-0.4, -0.2) is 22.2 Å². The molecule has 5 rings (SSSR count). The Morgan fingerprint density at radius 2 is 1.66 bits per heavy atom. The van der Waals surface area contributed by atoms with Gasteiger partial charge in [0.15, 0.2) is 0 Å². The van der Waals surface area contributed by atoms with Crippen molar-refractivity contribution in [1.82, 2.24) is 5.32 Å². The molecule has 1 fully saturated rings. The van der Waals surface area contributed by atoms with E-state index >= 15 is 0 Å². The average molecular weight is 378 g/mol. The first-order valence-corrected chi connectivity index (χ1v) is 9.44. The van der Waals surface area contributed by atoms with Crippen LogP contribution in [0.1, 0.15) is 19.8 Å². The molecule has 0 unspecified atom stereocenters. The first-order valence-electron chi connectivity index (χ1n) is 9.44. The molecule has 0 aromatic carbocycles. The highest BCUT2D eigenvalue weighted by Gasteiger charge is 2.20. The quantitative estimate of drug-likeness (QED) is 0.492. The van der Waals surface area contributed by atoms with E-state index in [0.29, 0.717) is 11.3 Å². The van der Waals surface area contributed by atoms with E-state index in [4.69, 9.17) is 6.42 Å². The van der Waals surface area contributed by atoms with Crippen LogP contribution in [0, 0.1) is 12.3 Å². The van der Waals surface area contributed by atoms with Crippen molar-refractivity contribution in [2.24, 2.45) is 15.0 Å². The van der Waals surface area contributed by atoms with Crippen LogP contribution >= 0.6 is 0 Å². The SMILES string of the molecule is C#CC1=CC2=CC3=NC(=CC4=NC(=CC4=C(C)O)C=C4CCC(=CC1=N2)N4)C=C3. The molecule has 5 heteroatoms. The number of hydrogen-bond donors (Lipinski definition) is 2. The number of aliphatic hydroxyl groups excluding tert-OH is 1. The molecule has 5 heterocycles. The standard InChI is InChI=1S/C24H18N4O/c1-3-15-8-20-9-16-5-7-19(26-16)13-24-22(14(2)29)11-21(28-24)10-17-4-6-18(25-17)12-23(15)27-20/h1,5,7-13,25,29H,4,6H2,2H3. The van der Waals surface area contributed by atoms with Crippen molar-refractivity contribution in [1.29, 1.82) is 0 Å². The third-order valence-corrected chi connectivity index (χ3v) is 5.06. The summed E-state index contributed by atoms with van der Waals surface area (Å²) in [5.41, 5.74) is 8.26. The summed E-state index contributed by atoms with van der Waals surface area (Å²) in [6.45, 7) is 1.67. The molecule has 0 aromatic heterocycles. The topological polar surface area (TPSA) is 69.3 Å². The Labute approximate surface area is 169 Å². The number of allylic oxidation sites excluding steroid dienone is 13. The van der Waals surface area contributed by atoms with Gasteiger partial charge in [0.1, 0.15) is 0 Å². The summed E-state index contributed by atoms with van der Waals surface area (Å²) in [5.74, 6) is 2.96. The van der Waals surface area contributed by atoms with Crippen LogP contribution < -0.4 is 5.32 Å². The summed E-state index contributed by atoms with van der Waals surface area (Å²) in [6, 6.07) is 0. The van der Waals surface area contributed by atoms with Crippen molar-refractivity contribution in [3.8, 4) is 12.3 Å². The number of aliphatic imine (C=N–C) groups is 3. The number of terminal acetylenes is 1. The molecule has 0 atom stereocenters. The van der Waals surface area contributed by atoms with E-state index < -0.39 is 0 Å². The molecule has 0 amide bonds. The highest BCUT2D eigenvalue weighted by Crippen LogP contribution is 2.28. The molecule has 0 spiro atoms. The van der Waals surface area contributed by atoms with Gasteiger partial charge >= 0.3 is 0 Å². The van der Waals surface area contributed by atoms with Gasteiger partial charge in [-0.2, -0.15) is 0 Å². The summed E-state index contributed by atoms with van der Waals surface area (Å²) in [7, 11) is 0. The summed E-state index contributed by atoms with van der Waals surface area (Å²) < 4.78 is 0. The predicted octanol–water partition coefficient (Wildman–Crippen LogP) is 4.11. The minimum atomic E-state index is 0.236. The van der Waals surface area contributed by atoms with Crippen molar-refractivity contribution >= 4 is 17.1 Å². The van der Waals surface area contributed by atoms with Crippen LogP contribution in [0.15, 0.2) is 109 Å². The maximum atomic E-state index is 10.1. The first-order chi connectivity index (χ1) is 14.1. The van der Waals surface area contributed by atoms with E-state index in [2.05, 4.69) is 26.2 Å². The number of hydrogen-bond acceptors (Lipinski definition) is 5. The Balaban J connectivity index is 1.66. The summed E-state index contributed by atoms with van der Waals surface area (Å²) in [5, 5.41) is 13.5. The first kappa shape index (κ1) is 17.2. The second-order valence-corrected chi connectivity index (χ2v) is 7.24. The zero-order chi connectivity index (χ0) is 20.0. The van der Waals surface area contributed by atoms with Gasteiger partial charge in [-0.25, -0.2) is 15.0 Å². The largest absolute Gasteiger partial charge is 0.512 e. The smallest absolute Gasteiger partial charge is 0.0986 e. The Kier molecular flexibility index (Phi) is 3.92. The Morgan fingerprint density at radius 3 is 2.45 bits per heavy atom. The minimum Gasteiger partial charge on any atom is -0.512 e. The molecule has 1 saturated heterocycles. The lowest BCUT2D eigenvalue weighted by Gasteiger charge is -2.01. The number of rotatable bonds is 0. The number of nitrogens with one attached hydrogen (secondary N) is 1. The van der Waals surface area contributed by atoms with E-state index in [1.165, 1.54) is 0 Å². The lowest BCUT2D eigenvalue weighted by molar-refractivity contribution is 0.412. The fourth-order valence-electron chi connectivity index (χ4n) is 3.69. The molecule has 140 valence electrons. The van der Waals surface area contributed by atoms with Crippen LogP contribution in [0.4, 0.5) is 0 Å². The molecule has 2 N–H and O–H groups in total. The second kappa shape index (κ2) is 6.61. The van der Waals surface area contributed by atoms with Crippen LogP contribution in [-0.2, 0) is 0 Å². The lowest BCUT2D eigenvalue weighted by Crippen LogP contribution is -2.05. The van der Waals surface area contributed by atoms with E-state index in [-0.39, 0.29) is 5.76 Å². The van der Waals surface area contributed by atoms with Crippen molar-refractivity contribution in [3.05, 3.63) is 94.0 Å². The van der Waals surface area contributed by atoms with Gasteiger partial charge in [-0.1, -0.05) is 5.92 Å². The summed E-state index contributed by atoms with van der Waals surface area (Å²) in [4.78, 5) is 14.0. The molecule has 0 aromatic rings. The zero-order valence-corrected chi connectivity index (χ0v) is 15.9. The van der Waals surface area contributed by atoms with Crippen LogP contribution in [0.3, 0.4) is 0 Å². The fraction of sp³-hybridized carbons (Fsp3) is 0.125. The van der Waals surface area contributed by atoms with Crippen LogP contribution in [0.2, 0.25) is 0 Å². The highest BCUT2D eigenvalue weighted by atomic mass is 16.3. The molecular formula is C24H18N4O. The van der Waals surface area contributed by atoms with Crippen LogP contribution in [0.5, 0.6) is 0 Å². The molecule has 5 nitrogen and oxygen atoms in total. The van der Waals surface area contributed by atoms with Gasteiger partial charge < -0.3 is 10.4 Å². The van der Waals surface area contributed by atoms with Gasteiger partial charge in [0.05, 0.1) is 45.6 Å². The predicted molar refractivity (Wildman–Crippen MR) is 116 cm³/mol. The lowest BCUT2D eigenvalue weighted by atomic mass is 10.1. The number of fused-ring (bicyclic) bond motifs is 5. The van der Waals surface area contributed by atoms with Gasteiger partial charge in [-0.15, -0.1) is 6.42 Å². The zero-order valence-electron chi connectivity index (χ0n) is 15.9. The summed E-state index contributed by atoms with van der Waals surface area (Å²) in [6.07, 6.45) is 22.9. The molecule has 0 saturated carbocycles. The molecule has 5 aliphatic rings. The second-order valence-electron chi connectivity index (χ2n) is 7.24. The minimum absolute atomic E-state index is 0.236. The Morgan fingerprint density at radius 1 is 0.897 bits per heavy atom. The van der Waals surface area contributed by atoms with E-state index in [9.17, 15) is 5.11 Å². The molecular weight excluding hydrogens is 360 g/mol. The van der Waals surface area contributed by atoms with E-state index in [1.807, 2.05) is 48.6 Å². The highest BCUT2D eigenvalue weighted by molar-refractivity contribution is 6.17. The van der Waals surface area contributed by atoms with Crippen molar-refractivity contribution in [2.45, 2.75) is 19.8 Å². The van der Waals surface area contributed by atoms with Gasteiger partial charge in [-0.3, -0.25) is 0 Å².